The van der Waals surface area contributed by atoms with Crippen LogP contribution in [0.3, 0.4) is 0 Å². The summed E-state index contributed by atoms with van der Waals surface area (Å²) in [6.07, 6.45) is 6.84. The van der Waals surface area contributed by atoms with Crippen molar-refractivity contribution in [1.82, 2.24) is 4.90 Å². The minimum Gasteiger partial charge on any atom is -0.394 e. The Morgan fingerprint density at radius 2 is 2.40 bits per heavy atom. The second kappa shape index (κ2) is 3.96. The van der Waals surface area contributed by atoms with Crippen LogP contribution < -0.4 is 0 Å². The van der Waals surface area contributed by atoms with Gasteiger partial charge in [0.25, 0.3) is 0 Å². The molecule has 4 nitrogen and oxygen atoms in total. The van der Waals surface area contributed by atoms with Crippen LogP contribution in [0.1, 0.15) is 6.42 Å². The third-order valence-electron chi connectivity index (χ3n) is 2.71. The van der Waals surface area contributed by atoms with E-state index in [4.69, 9.17) is 9.84 Å². The lowest BCUT2D eigenvalue weighted by Crippen LogP contribution is -2.40. The number of aliphatic hydroxyl groups is 1. The quantitative estimate of drug-likeness (QED) is 0.683. The first-order chi connectivity index (χ1) is 7.36. The topological polar surface area (TPSA) is 45.1 Å². The van der Waals surface area contributed by atoms with Crippen molar-refractivity contribution in [2.75, 3.05) is 19.7 Å². The highest BCUT2D eigenvalue weighted by molar-refractivity contribution is 8.14. The van der Waals surface area contributed by atoms with Gasteiger partial charge in [-0.25, -0.2) is 0 Å². The second-order valence-corrected chi connectivity index (χ2v) is 4.84. The third-order valence-corrected chi connectivity index (χ3v) is 3.89. The number of hydrogen-bond donors (Lipinski definition) is 1. The van der Waals surface area contributed by atoms with Crippen LogP contribution in [0.4, 0.5) is 0 Å². The number of hydrogen-bond acceptors (Lipinski definition) is 5. The average molecular weight is 224 g/mol. The number of aliphatic imine (C=N–C) groups is 1. The third kappa shape index (κ3) is 1.77. The van der Waals surface area contributed by atoms with Crippen molar-refractivity contribution >= 4 is 16.9 Å². The molecule has 3 atom stereocenters. The fourth-order valence-electron chi connectivity index (χ4n) is 1.71. The maximum Gasteiger partial charge on any atom is 0.162 e. The number of fused-ring (bicyclic) bond motifs is 1. The van der Waals surface area contributed by atoms with Crippen LogP contribution in [0.2, 0.25) is 0 Å². The van der Waals surface area contributed by atoms with E-state index in [1.54, 1.807) is 11.8 Å². The number of ether oxygens (including phenoxy) is 1. The molecule has 1 N–H and O–H groups in total. The van der Waals surface area contributed by atoms with Gasteiger partial charge in [0.2, 0.25) is 0 Å². The fraction of sp³-hybridized carbons (Fsp3) is 0.700. The van der Waals surface area contributed by atoms with E-state index in [2.05, 4.69) is 22.7 Å². The summed E-state index contributed by atoms with van der Waals surface area (Å²) in [5, 5.41) is 10.0. The highest BCUT2D eigenvalue weighted by Crippen LogP contribution is 2.36. The smallest absolute Gasteiger partial charge is 0.162 e. The van der Waals surface area contributed by atoms with Crippen LogP contribution in [0, 0.1) is 12.8 Å². The molecule has 3 rings (SSSR count). The summed E-state index contributed by atoms with van der Waals surface area (Å²) in [6, 6.07) is -0.0339. The Morgan fingerprint density at radius 1 is 1.53 bits per heavy atom. The van der Waals surface area contributed by atoms with Crippen LogP contribution in [-0.2, 0) is 4.74 Å². The Bertz CT molecular complexity index is 281. The van der Waals surface area contributed by atoms with Crippen molar-refractivity contribution in [2.24, 2.45) is 4.99 Å². The Kier molecular flexibility index (Phi) is 2.62. The molecule has 0 unspecified atom stereocenters. The number of likely N-dealkylation sites (tertiary alicyclic amines) is 1. The zero-order chi connectivity index (χ0) is 10.3. The van der Waals surface area contributed by atoms with Gasteiger partial charge < -0.3 is 14.7 Å². The molecule has 0 aliphatic carbocycles. The summed E-state index contributed by atoms with van der Waals surface area (Å²) < 4.78 is 5.61. The molecular weight excluding hydrogens is 212 g/mol. The Morgan fingerprint density at radius 3 is 3.07 bits per heavy atom. The van der Waals surface area contributed by atoms with Crippen LogP contribution >= 0.6 is 11.8 Å². The molecule has 4 radical (unpaired) electrons. The van der Waals surface area contributed by atoms with Crippen molar-refractivity contribution in [3.05, 3.63) is 12.8 Å². The highest BCUT2D eigenvalue weighted by Gasteiger charge is 2.40. The van der Waals surface area contributed by atoms with Crippen molar-refractivity contribution in [2.45, 2.75) is 24.0 Å². The molecule has 3 aliphatic rings. The number of nitrogens with zero attached hydrogens (tertiary/aromatic N) is 2. The molecule has 0 amide bonds. The summed E-state index contributed by atoms with van der Waals surface area (Å²) in [6.45, 7) is 2.17. The van der Waals surface area contributed by atoms with E-state index in [1.165, 1.54) is 6.42 Å². The molecular formula is C10H12N2O2S. The van der Waals surface area contributed by atoms with Crippen molar-refractivity contribution in [3.63, 3.8) is 0 Å². The predicted molar refractivity (Wildman–Crippen MR) is 57.2 cm³/mol. The fourth-order valence-corrected chi connectivity index (χ4v) is 2.87. The van der Waals surface area contributed by atoms with E-state index < -0.39 is 0 Å². The van der Waals surface area contributed by atoms with Crippen LogP contribution in [0.15, 0.2) is 4.99 Å². The average Bonchev–Trinajstić information content (AvgIpc) is 2.56. The normalized spacial score (nSPS) is 39.7. The highest BCUT2D eigenvalue weighted by atomic mass is 32.2. The van der Waals surface area contributed by atoms with E-state index in [0.717, 1.165) is 18.3 Å². The van der Waals surface area contributed by atoms with E-state index in [0.29, 0.717) is 0 Å². The van der Waals surface area contributed by atoms with Gasteiger partial charge in [-0.3, -0.25) is 4.99 Å². The number of amidine groups is 1. The summed E-state index contributed by atoms with van der Waals surface area (Å²) in [5.41, 5.74) is -0.0148. The molecule has 0 spiro atoms. The summed E-state index contributed by atoms with van der Waals surface area (Å²) >= 11 is 1.64. The molecule has 0 bridgehead atoms. The van der Waals surface area contributed by atoms with E-state index in [-0.39, 0.29) is 24.2 Å². The minimum atomic E-state index is -0.329. The van der Waals surface area contributed by atoms with Gasteiger partial charge in [-0.1, -0.05) is 11.8 Å². The Labute approximate surface area is 93.7 Å². The lowest BCUT2D eigenvalue weighted by Gasteiger charge is -2.32. The predicted octanol–water partition coefficient (Wildman–Crippen LogP) is 0.0433. The standard InChI is InChI=1S/C10H12N2O2S/c13-6-7-2-3-8-9(14-7)15-10(11-8)12-4-1-5-12/h7-9,13H,1,4-6H2/t7-,8-,9-/m1/s1. The van der Waals surface area contributed by atoms with Crippen molar-refractivity contribution < 1.29 is 9.84 Å². The maximum absolute atomic E-state index is 8.96. The lowest BCUT2D eigenvalue weighted by atomic mass is 10.1. The molecule has 15 heavy (non-hydrogen) atoms. The molecule has 5 heteroatoms. The van der Waals surface area contributed by atoms with Gasteiger partial charge in [0.1, 0.15) is 5.44 Å². The molecule has 0 aromatic carbocycles. The SMILES string of the molecule is OC[C@H]1[C][C][C@H]2N=C(N3CCC3)S[C@H]2O1. The summed E-state index contributed by atoms with van der Waals surface area (Å²) in [7, 11) is 0. The van der Waals surface area contributed by atoms with Gasteiger partial charge in [0.15, 0.2) is 5.17 Å². The number of thioether (sulfide) groups is 1. The zero-order valence-electron chi connectivity index (χ0n) is 8.22. The van der Waals surface area contributed by atoms with Crippen LogP contribution in [-0.4, -0.2) is 52.5 Å². The molecule has 2 fully saturated rings. The molecule has 3 aliphatic heterocycles. The van der Waals surface area contributed by atoms with Gasteiger partial charge in [0.05, 0.1) is 18.8 Å². The largest absolute Gasteiger partial charge is 0.394 e. The summed E-state index contributed by atoms with van der Waals surface area (Å²) in [4.78, 5) is 6.78. The first-order valence-corrected chi connectivity index (χ1v) is 6.01. The van der Waals surface area contributed by atoms with Gasteiger partial charge in [-0.2, -0.15) is 0 Å². The van der Waals surface area contributed by atoms with E-state index in [9.17, 15) is 0 Å². The van der Waals surface area contributed by atoms with Gasteiger partial charge in [0, 0.05) is 25.9 Å². The maximum atomic E-state index is 8.96. The van der Waals surface area contributed by atoms with E-state index in [1.807, 2.05) is 0 Å². The van der Waals surface area contributed by atoms with Crippen LogP contribution in [0.25, 0.3) is 0 Å². The van der Waals surface area contributed by atoms with Gasteiger partial charge in [-0.15, -0.1) is 0 Å². The Balaban J connectivity index is 1.64. The molecule has 3 heterocycles. The van der Waals surface area contributed by atoms with Gasteiger partial charge in [-0.05, 0) is 6.42 Å². The van der Waals surface area contributed by atoms with Crippen molar-refractivity contribution in [3.8, 4) is 0 Å². The summed E-state index contributed by atoms with van der Waals surface area (Å²) in [5.74, 6) is 0. The van der Waals surface area contributed by atoms with E-state index >= 15 is 0 Å². The number of aliphatic hydroxyl groups excluding tert-OH is 1. The number of rotatable bonds is 1. The molecule has 0 saturated carbocycles. The monoisotopic (exact) mass is 224 g/mol. The molecule has 0 aromatic rings. The molecule has 80 valence electrons. The first kappa shape index (κ1) is 9.93. The van der Waals surface area contributed by atoms with Crippen molar-refractivity contribution in [1.29, 1.82) is 0 Å². The zero-order valence-corrected chi connectivity index (χ0v) is 9.04. The molecule has 2 saturated heterocycles. The van der Waals surface area contributed by atoms with Crippen LogP contribution in [0.5, 0.6) is 0 Å². The molecule has 0 aromatic heterocycles. The minimum absolute atomic E-state index is 0.0148. The van der Waals surface area contributed by atoms with Gasteiger partial charge >= 0.3 is 0 Å². The second-order valence-electron chi connectivity index (χ2n) is 3.78. The lowest BCUT2D eigenvalue weighted by molar-refractivity contribution is 0.00120. The first-order valence-electron chi connectivity index (χ1n) is 5.13. The Hall–Kier alpha value is -0.260.